The number of aromatic nitrogens is 2. The van der Waals surface area contributed by atoms with E-state index >= 15 is 0 Å². The fourth-order valence-electron chi connectivity index (χ4n) is 4.01. The summed E-state index contributed by atoms with van der Waals surface area (Å²) in [5.41, 5.74) is 2.48. The first-order valence-corrected chi connectivity index (χ1v) is 8.42. The lowest BCUT2D eigenvalue weighted by Crippen LogP contribution is -2.40. The standard InChI is InChI=1S/C17H24N4O2/c1-11-10-14-15(19-20(3)16(14)12(2)23-11)17(22)21(9-8-18)13-6-4-5-7-13/h11-13H,4-7,9-10H2,1-3H3/t11-,12+/m1/s1. The lowest BCUT2D eigenvalue weighted by Gasteiger charge is -2.28. The van der Waals surface area contributed by atoms with Gasteiger partial charge in [0.1, 0.15) is 6.54 Å². The number of rotatable bonds is 3. The molecule has 6 heteroatoms. The van der Waals surface area contributed by atoms with Crippen LogP contribution in [0.15, 0.2) is 0 Å². The van der Waals surface area contributed by atoms with E-state index in [-0.39, 0.29) is 30.7 Å². The summed E-state index contributed by atoms with van der Waals surface area (Å²) >= 11 is 0. The molecule has 1 amide bonds. The molecule has 0 N–H and O–H groups in total. The normalized spacial score (nSPS) is 24.3. The first kappa shape index (κ1) is 16.0. The number of carbonyl (C=O) groups excluding carboxylic acids is 1. The number of nitriles is 1. The number of ether oxygens (including phenoxy) is 1. The summed E-state index contributed by atoms with van der Waals surface area (Å²) in [7, 11) is 1.86. The number of nitrogens with zero attached hydrogens (tertiary/aromatic N) is 4. The second kappa shape index (κ2) is 6.32. The van der Waals surface area contributed by atoms with Gasteiger partial charge in [-0.3, -0.25) is 9.48 Å². The molecule has 1 aromatic heterocycles. The zero-order valence-corrected chi connectivity index (χ0v) is 14.1. The van der Waals surface area contributed by atoms with Crippen molar-refractivity contribution in [2.24, 2.45) is 7.05 Å². The highest BCUT2D eigenvalue weighted by Gasteiger charge is 2.35. The summed E-state index contributed by atoms with van der Waals surface area (Å²) in [5, 5.41) is 13.6. The average molecular weight is 316 g/mol. The molecule has 2 atom stereocenters. The van der Waals surface area contributed by atoms with E-state index in [4.69, 9.17) is 10.00 Å². The van der Waals surface area contributed by atoms with Crippen molar-refractivity contribution >= 4 is 5.91 Å². The molecule has 2 heterocycles. The van der Waals surface area contributed by atoms with E-state index in [2.05, 4.69) is 11.2 Å². The summed E-state index contributed by atoms with van der Waals surface area (Å²) in [6.45, 7) is 4.15. The molecular formula is C17H24N4O2. The van der Waals surface area contributed by atoms with Crippen molar-refractivity contribution in [3.8, 4) is 6.07 Å². The highest BCUT2D eigenvalue weighted by Crippen LogP contribution is 2.33. The Bertz CT molecular complexity index is 640. The third kappa shape index (κ3) is 2.86. The van der Waals surface area contributed by atoms with Gasteiger partial charge in [0, 0.05) is 25.1 Å². The fraction of sp³-hybridized carbons (Fsp3) is 0.706. The number of carbonyl (C=O) groups is 1. The van der Waals surface area contributed by atoms with E-state index in [9.17, 15) is 4.79 Å². The number of hydrogen-bond donors (Lipinski definition) is 0. The second-order valence-corrected chi connectivity index (χ2v) is 6.66. The van der Waals surface area contributed by atoms with Gasteiger partial charge in [-0.05, 0) is 26.7 Å². The number of aryl methyl sites for hydroxylation is 1. The first-order valence-electron chi connectivity index (χ1n) is 8.42. The minimum atomic E-state index is -0.100. The zero-order chi connectivity index (χ0) is 16.6. The lowest BCUT2D eigenvalue weighted by molar-refractivity contribution is -0.00907. The third-order valence-electron chi connectivity index (χ3n) is 4.98. The van der Waals surface area contributed by atoms with Gasteiger partial charge < -0.3 is 9.64 Å². The maximum Gasteiger partial charge on any atom is 0.275 e. The molecule has 1 aliphatic heterocycles. The molecule has 1 aromatic rings. The molecule has 2 aliphatic rings. The van der Waals surface area contributed by atoms with Gasteiger partial charge in [0.05, 0.1) is 24.0 Å². The molecule has 0 aromatic carbocycles. The Hall–Kier alpha value is -1.87. The fourth-order valence-corrected chi connectivity index (χ4v) is 4.01. The van der Waals surface area contributed by atoms with Crippen LogP contribution < -0.4 is 0 Å². The SMILES string of the molecule is C[C@@H]1Cc2c(C(=O)N(CC#N)C3CCCC3)nn(C)c2[C@H](C)O1. The minimum absolute atomic E-state index is 0.0660. The minimum Gasteiger partial charge on any atom is -0.369 e. The van der Waals surface area contributed by atoms with Gasteiger partial charge in [0.2, 0.25) is 0 Å². The molecule has 0 unspecified atom stereocenters. The van der Waals surface area contributed by atoms with Gasteiger partial charge in [-0.1, -0.05) is 12.8 Å². The zero-order valence-electron chi connectivity index (χ0n) is 14.1. The largest absolute Gasteiger partial charge is 0.369 e. The summed E-state index contributed by atoms with van der Waals surface area (Å²) in [4.78, 5) is 14.8. The molecule has 0 spiro atoms. The van der Waals surface area contributed by atoms with Crippen LogP contribution in [-0.2, 0) is 18.2 Å². The average Bonchev–Trinajstić information content (AvgIpc) is 3.12. The van der Waals surface area contributed by atoms with Crippen molar-refractivity contribution in [3.05, 3.63) is 17.0 Å². The Morgan fingerprint density at radius 3 is 2.78 bits per heavy atom. The number of fused-ring (bicyclic) bond motifs is 1. The summed E-state index contributed by atoms with van der Waals surface area (Å²) in [5.74, 6) is -0.100. The van der Waals surface area contributed by atoms with Crippen LogP contribution in [-0.4, -0.2) is 39.3 Å². The monoisotopic (exact) mass is 316 g/mol. The molecular weight excluding hydrogens is 292 g/mol. The first-order chi connectivity index (χ1) is 11.0. The maximum absolute atomic E-state index is 13.1. The molecule has 1 aliphatic carbocycles. The molecule has 6 nitrogen and oxygen atoms in total. The number of amides is 1. The summed E-state index contributed by atoms with van der Waals surface area (Å²) in [6, 6.07) is 2.32. The van der Waals surface area contributed by atoms with Crippen LogP contribution in [0.4, 0.5) is 0 Å². The van der Waals surface area contributed by atoms with E-state index in [0.717, 1.165) is 36.9 Å². The van der Waals surface area contributed by atoms with E-state index < -0.39 is 0 Å². The third-order valence-corrected chi connectivity index (χ3v) is 4.98. The predicted octanol–water partition coefficient (Wildman–Crippen LogP) is 2.35. The lowest BCUT2D eigenvalue weighted by atomic mass is 9.99. The molecule has 0 bridgehead atoms. The molecule has 0 saturated heterocycles. The van der Waals surface area contributed by atoms with Gasteiger partial charge in [-0.25, -0.2) is 0 Å². The molecule has 23 heavy (non-hydrogen) atoms. The summed E-state index contributed by atoms with van der Waals surface area (Å²) in [6.07, 6.45) is 4.92. The van der Waals surface area contributed by atoms with Crippen LogP contribution >= 0.6 is 0 Å². The van der Waals surface area contributed by atoms with Crippen LogP contribution in [0.3, 0.4) is 0 Å². The second-order valence-electron chi connectivity index (χ2n) is 6.66. The maximum atomic E-state index is 13.1. The van der Waals surface area contributed by atoms with Gasteiger partial charge in [0.25, 0.3) is 5.91 Å². The van der Waals surface area contributed by atoms with Crippen LogP contribution in [0.25, 0.3) is 0 Å². The molecule has 1 fully saturated rings. The highest BCUT2D eigenvalue weighted by molar-refractivity contribution is 5.94. The molecule has 124 valence electrons. The van der Waals surface area contributed by atoms with E-state index in [1.807, 2.05) is 20.9 Å². The smallest absolute Gasteiger partial charge is 0.275 e. The quantitative estimate of drug-likeness (QED) is 0.803. The van der Waals surface area contributed by atoms with Crippen molar-refractivity contribution in [2.75, 3.05) is 6.54 Å². The van der Waals surface area contributed by atoms with Crippen LogP contribution in [0.5, 0.6) is 0 Å². The van der Waals surface area contributed by atoms with Gasteiger partial charge in [0.15, 0.2) is 5.69 Å². The Kier molecular flexibility index (Phi) is 4.40. The predicted molar refractivity (Wildman–Crippen MR) is 84.8 cm³/mol. The summed E-state index contributed by atoms with van der Waals surface area (Å²) < 4.78 is 7.62. The topological polar surface area (TPSA) is 71.2 Å². The highest BCUT2D eigenvalue weighted by atomic mass is 16.5. The van der Waals surface area contributed by atoms with Crippen LogP contribution in [0.2, 0.25) is 0 Å². The van der Waals surface area contributed by atoms with Crippen LogP contribution in [0.1, 0.15) is 67.4 Å². The Morgan fingerprint density at radius 1 is 1.43 bits per heavy atom. The number of hydrogen-bond acceptors (Lipinski definition) is 4. The molecule has 1 saturated carbocycles. The van der Waals surface area contributed by atoms with Crippen molar-refractivity contribution in [2.45, 2.75) is 64.2 Å². The van der Waals surface area contributed by atoms with E-state index in [1.165, 1.54) is 0 Å². The Labute approximate surface area is 137 Å². The van der Waals surface area contributed by atoms with Gasteiger partial charge in [-0.2, -0.15) is 10.4 Å². The van der Waals surface area contributed by atoms with Crippen molar-refractivity contribution in [1.82, 2.24) is 14.7 Å². The van der Waals surface area contributed by atoms with E-state index in [0.29, 0.717) is 12.1 Å². The van der Waals surface area contributed by atoms with Gasteiger partial charge >= 0.3 is 0 Å². The van der Waals surface area contributed by atoms with Gasteiger partial charge in [-0.15, -0.1) is 0 Å². The Morgan fingerprint density at radius 2 is 2.13 bits per heavy atom. The Balaban J connectivity index is 1.95. The van der Waals surface area contributed by atoms with E-state index in [1.54, 1.807) is 9.58 Å². The van der Waals surface area contributed by atoms with Crippen LogP contribution in [0, 0.1) is 11.3 Å². The molecule has 0 radical (unpaired) electrons. The van der Waals surface area contributed by atoms with Crippen molar-refractivity contribution < 1.29 is 9.53 Å². The molecule has 3 rings (SSSR count). The van der Waals surface area contributed by atoms with Crippen molar-refractivity contribution in [3.63, 3.8) is 0 Å². The van der Waals surface area contributed by atoms with Crippen molar-refractivity contribution in [1.29, 1.82) is 5.26 Å².